The Morgan fingerprint density at radius 3 is 2.42 bits per heavy atom. The maximum atomic E-state index is 12.5. The van der Waals surface area contributed by atoms with Gasteiger partial charge in [0, 0.05) is 18.7 Å². The first-order chi connectivity index (χ1) is 11.7. The number of carbonyl (C=O) groups excluding carboxylic acids is 2. The highest BCUT2D eigenvalue weighted by atomic mass is 16.5. The summed E-state index contributed by atoms with van der Waals surface area (Å²) in [5.74, 6) is -0.522. The highest BCUT2D eigenvalue weighted by Crippen LogP contribution is 2.12. The zero-order valence-corrected chi connectivity index (χ0v) is 13.3. The number of morpholine rings is 1. The molecule has 1 heterocycles. The van der Waals surface area contributed by atoms with Crippen molar-refractivity contribution in [2.45, 2.75) is 6.61 Å². The van der Waals surface area contributed by atoms with Gasteiger partial charge in [-0.05, 0) is 23.8 Å². The molecule has 0 radical (unpaired) electrons. The van der Waals surface area contributed by atoms with Gasteiger partial charge in [-0.2, -0.15) is 0 Å². The molecule has 1 saturated heterocycles. The second-order valence-corrected chi connectivity index (χ2v) is 5.55. The van der Waals surface area contributed by atoms with E-state index in [1.807, 2.05) is 30.3 Å². The Morgan fingerprint density at radius 2 is 1.67 bits per heavy atom. The summed E-state index contributed by atoms with van der Waals surface area (Å²) < 4.78 is 10.6. The molecule has 1 amide bonds. The van der Waals surface area contributed by atoms with Gasteiger partial charge in [0.25, 0.3) is 5.91 Å². The number of esters is 1. The molecule has 0 aliphatic carbocycles. The molecule has 2 aromatic rings. The highest BCUT2D eigenvalue weighted by molar-refractivity contribution is 5.98. The molecule has 2 aromatic carbocycles. The van der Waals surface area contributed by atoms with E-state index in [1.54, 1.807) is 29.2 Å². The van der Waals surface area contributed by atoms with E-state index in [4.69, 9.17) is 9.47 Å². The van der Waals surface area contributed by atoms with E-state index >= 15 is 0 Å². The fraction of sp³-hybridized carbons (Fsp3) is 0.263. The molecule has 0 bridgehead atoms. The molecule has 1 aliphatic heterocycles. The minimum atomic E-state index is -0.435. The van der Waals surface area contributed by atoms with Crippen LogP contribution in [-0.4, -0.2) is 43.1 Å². The molecule has 0 atom stereocenters. The van der Waals surface area contributed by atoms with Crippen LogP contribution in [0.2, 0.25) is 0 Å². The molecule has 0 spiro atoms. The zero-order chi connectivity index (χ0) is 16.8. The fourth-order valence-electron chi connectivity index (χ4n) is 2.53. The van der Waals surface area contributed by atoms with E-state index in [0.29, 0.717) is 37.4 Å². The van der Waals surface area contributed by atoms with Gasteiger partial charge in [0.15, 0.2) is 0 Å². The van der Waals surface area contributed by atoms with Gasteiger partial charge in [-0.15, -0.1) is 0 Å². The van der Waals surface area contributed by atoms with Crippen LogP contribution in [0.25, 0.3) is 0 Å². The van der Waals surface area contributed by atoms with E-state index in [2.05, 4.69) is 0 Å². The van der Waals surface area contributed by atoms with E-state index in [9.17, 15) is 9.59 Å². The Hall–Kier alpha value is -2.66. The molecule has 0 N–H and O–H groups in total. The SMILES string of the molecule is O=C(OCc1ccccc1)c1cccc(C(=O)N2CCOCC2)c1. The normalized spacial score (nSPS) is 14.2. The van der Waals surface area contributed by atoms with Crippen molar-refractivity contribution in [1.82, 2.24) is 4.90 Å². The number of rotatable bonds is 4. The lowest BCUT2D eigenvalue weighted by atomic mass is 10.1. The standard InChI is InChI=1S/C19H19NO4/c21-18(20-9-11-23-12-10-20)16-7-4-8-17(13-16)19(22)24-14-15-5-2-1-3-6-15/h1-8,13H,9-12,14H2. The van der Waals surface area contributed by atoms with Crippen molar-refractivity contribution in [1.29, 1.82) is 0 Å². The molecule has 124 valence electrons. The van der Waals surface area contributed by atoms with Crippen LogP contribution in [0.4, 0.5) is 0 Å². The van der Waals surface area contributed by atoms with Gasteiger partial charge >= 0.3 is 5.97 Å². The number of hydrogen-bond donors (Lipinski definition) is 0. The van der Waals surface area contributed by atoms with Gasteiger partial charge in [-0.3, -0.25) is 4.79 Å². The Labute approximate surface area is 140 Å². The second-order valence-electron chi connectivity index (χ2n) is 5.55. The summed E-state index contributed by atoms with van der Waals surface area (Å²) in [5, 5.41) is 0. The fourth-order valence-corrected chi connectivity index (χ4v) is 2.53. The van der Waals surface area contributed by atoms with Crippen LogP contribution in [0.5, 0.6) is 0 Å². The molecule has 5 nitrogen and oxygen atoms in total. The van der Waals surface area contributed by atoms with Crippen molar-refractivity contribution >= 4 is 11.9 Å². The smallest absolute Gasteiger partial charge is 0.338 e. The van der Waals surface area contributed by atoms with Crippen molar-refractivity contribution in [3.63, 3.8) is 0 Å². The topological polar surface area (TPSA) is 55.8 Å². The Bertz CT molecular complexity index is 708. The van der Waals surface area contributed by atoms with Crippen molar-refractivity contribution in [2.24, 2.45) is 0 Å². The molecule has 24 heavy (non-hydrogen) atoms. The van der Waals surface area contributed by atoms with E-state index < -0.39 is 5.97 Å². The summed E-state index contributed by atoms with van der Waals surface area (Å²) in [7, 11) is 0. The van der Waals surface area contributed by atoms with Crippen LogP contribution in [-0.2, 0) is 16.1 Å². The van der Waals surface area contributed by atoms with E-state index in [0.717, 1.165) is 5.56 Å². The maximum absolute atomic E-state index is 12.5. The van der Waals surface area contributed by atoms with Gasteiger partial charge in [0.2, 0.25) is 0 Å². The maximum Gasteiger partial charge on any atom is 0.338 e. The minimum absolute atomic E-state index is 0.0870. The summed E-state index contributed by atoms with van der Waals surface area (Å²) in [6.07, 6.45) is 0. The molecule has 1 aliphatic rings. The van der Waals surface area contributed by atoms with Crippen LogP contribution in [0.1, 0.15) is 26.3 Å². The Morgan fingerprint density at radius 1 is 0.958 bits per heavy atom. The van der Waals surface area contributed by atoms with Gasteiger partial charge in [-0.25, -0.2) is 4.79 Å². The number of carbonyl (C=O) groups is 2. The number of nitrogens with zero attached hydrogens (tertiary/aromatic N) is 1. The first kappa shape index (κ1) is 16.2. The summed E-state index contributed by atoms with van der Waals surface area (Å²) in [6.45, 7) is 2.44. The lowest BCUT2D eigenvalue weighted by Crippen LogP contribution is -2.40. The lowest BCUT2D eigenvalue weighted by molar-refractivity contribution is 0.0303. The van der Waals surface area contributed by atoms with Crippen molar-refractivity contribution in [3.05, 3.63) is 71.3 Å². The van der Waals surface area contributed by atoms with Gasteiger partial charge < -0.3 is 14.4 Å². The molecule has 1 fully saturated rings. The van der Waals surface area contributed by atoms with Crippen molar-refractivity contribution in [2.75, 3.05) is 26.3 Å². The van der Waals surface area contributed by atoms with Crippen LogP contribution < -0.4 is 0 Å². The van der Waals surface area contributed by atoms with E-state index in [1.165, 1.54) is 0 Å². The molecule has 0 saturated carbocycles. The molecule has 0 aromatic heterocycles. The van der Waals surface area contributed by atoms with Crippen molar-refractivity contribution < 1.29 is 19.1 Å². The molecular formula is C19H19NO4. The van der Waals surface area contributed by atoms with Gasteiger partial charge in [0.05, 0.1) is 18.8 Å². The van der Waals surface area contributed by atoms with E-state index in [-0.39, 0.29) is 12.5 Å². The predicted molar refractivity (Wildman–Crippen MR) is 88.7 cm³/mol. The number of hydrogen-bond acceptors (Lipinski definition) is 4. The monoisotopic (exact) mass is 325 g/mol. The first-order valence-corrected chi connectivity index (χ1v) is 7.92. The summed E-state index contributed by atoms with van der Waals surface area (Å²) in [5.41, 5.74) is 1.79. The quantitative estimate of drug-likeness (QED) is 0.811. The zero-order valence-electron chi connectivity index (χ0n) is 13.3. The highest BCUT2D eigenvalue weighted by Gasteiger charge is 2.19. The average molecular weight is 325 g/mol. The number of ether oxygens (including phenoxy) is 2. The molecule has 0 unspecified atom stereocenters. The molecule has 3 rings (SSSR count). The lowest BCUT2D eigenvalue weighted by Gasteiger charge is -2.26. The largest absolute Gasteiger partial charge is 0.457 e. The summed E-state index contributed by atoms with van der Waals surface area (Å²) in [6, 6.07) is 16.1. The van der Waals surface area contributed by atoms with Crippen LogP contribution in [0.15, 0.2) is 54.6 Å². The van der Waals surface area contributed by atoms with Gasteiger partial charge in [-0.1, -0.05) is 36.4 Å². The first-order valence-electron chi connectivity index (χ1n) is 7.92. The third-order valence-electron chi connectivity index (χ3n) is 3.86. The molecular weight excluding hydrogens is 306 g/mol. The van der Waals surface area contributed by atoms with Crippen LogP contribution in [0.3, 0.4) is 0 Å². The third kappa shape index (κ3) is 4.00. The van der Waals surface area contributed by atoms with Gasteiger partial charge in [0.1, 0.15) is 6.61 Å². The summed E-state index contributed by atoms with van der Waals surface area (Å²) in [4.78, 5) is 26.4. The predicted octanol–water partition coefficient (Wildman–Crippen LogP) is 2.52. The summed E-state index contributed by atoms with van der Waals surface area (Å²) >= 11 is 0. The van der Waals surface area contributed by atoms with Crippen molar-refractivity contribution in [3.8, 4) is 0 Å². The minimum Gasteiger partial charge on any atom is -0.457 e. The Balaban J connectivity index is 1.65. The number of benzene rings is 2. The molecule has 5 heteroatoms. The Kier molecular flexibility index (Phi) is 5.23. The average Bonchev–Trinajstić information content (AvgIpc) is 2.67. The van der Waals surface area contributed by atoms with Crippen LogP contribution >= 0.6 is 0 Å². The third-order valence-corrected chi connectivity index (χ3v) is 3.86. The number of amides is 1. The van der Waals surface area contributed by atoms with Crippen LogP contribution in [0, 0.1) is 0 Å². The second kappa shape index (κ2) is 7.75.